The Balaban J connectivity index is 1.32. The van der Waals surface area contributed by atoms with E-state index in [9.17, 15) is 19.7 Å². The van der Waals surface area contributed by atoms with E-state index in [-0.39, 0.29) is 29.4 Å². The van der Waals surface area contributed by atoms with Crippen LogP contribution in [0.4, 0.5) is 10.1 Å². The van der Waals surface area contributed by atoms with Crippen molar-refractivity contribution in [2.45, 2.75) is 37.5 Å². The average Bonchev–Trinajstić information content (AvgIpc) is 3.30. The third-order valence-electron chi connectivity index (χ3n) is 8.66. The molecule has 0 spiro atoms. The Bertz CT molecular complexity index is 1780. The molecule has 6 rings (SSSR count). The minimum atomic E-state index is -0.709. The van der Waals surface area contributed by atoms with Crippen molar-refractivity contribution in [2.75, 3.05) is 11.9 Å². The number of halogens is 1. The zero-order chi connectivity index (χ0) is 31.5. The Kier molecular flexibility index (Phi) is 8.83. The van der Waals surface area contributed by atoms with E-state index >= 15 is 0 Å². The van der Waals surface area contributed by atoms with Crippen LogP contribution in [0.25, 0.3) is 22.3 Å². The highest BCUT2D eigenvalue weighted by molar-refractivity contribution is 7.80. The molecule has 228 valence electrons. The quantitative estimate of drug-likeness (QED) is 0.144. The van der Waals surface area contributed by atoms with Gasteiger partial charge in [-0.3, -0.25) is 0 Å². The van der Waals surface area contributed by atoms with Gasteiger partial charge in [0, 0.05) is 18.3 Å². The summed E-state index contributed by atoms with van der Waals surface area (Å²) in [5.74, 6) is -0.0327. The number of thiocarbonyl (C=S) groups is 1. The van der Waals surface area contributed by atoms with Crippen molar-refractivity contribution in [1.82, 2.24) is 4.90 Å². The summed E-state index contributed by atoms with van der Waals surface area (Å²) >= 11 is 6.03. The maximum atomic E-state index is 13.4. The molecule has 0 aliphatic carbocycles. The molecule has 0 unspecified atom stereocenters. The number of phenolic OH excluding ortho intramolecular Hbond substituents is 2. The average molecular weight is 619 g/mol. The molecule has 0 amide bonds. The molecule has 1 aliphatic heterocycles. The van der Waals surface area contributed by atoms with Gasteiger partial charge in [-0.25, -0.2) is 4.39 Å². The number of anilines is 1. The van der Waals surface area contributed by atoms with Crippen molar-refractivity contribution in [3.8, 4) is 33.8 Å². The molecule has 3 N–H and O–H groups in total. The number of phenols is 2. The van der Waals surface area contributed by atoms with E-state index in [1.165, 1.54) is 12.1 Å². The fraction of sp³-hybridized carbons (Fsp3) is 0.184. The first kappa shape index (κ1) is 30.3. The van der Waals surface area contributed by atoms with Crippen molar-refractivity contribution in [1.29, 1.82) is 0 Å². The lowest BCUT2D eigenvalue weighted by Crippen LogP contribution is -2.30. The molecule has 45 heavy (non-hydrogen) atoms. The highest BCUT2D eigenvalue weighted by Gasteiger charge is 2.43. The molecule has 1 fully saturated rings. The zero-order valence-electron chi connectivity index (χ0n) is 24.9. The summed E-state index contributed by atoms with van der Waals surface area (Å²) in [7, 11) is 1.98. The Morgan fingerprint density at radius 2 is 1.40 bits per heavy atom. The highest BCUT2D eigenvalue weighted by Crippen LogP contribution is 2.45. The Morgan fingerprint density at radius 3 is 2.09 bits per heavy atom. The molecule has 1 heterocycles. The Morgan fingerprint density at radius 1 is 0.756 bits per heavy atom. The van der Waals surface area contributed by atoms with Crippen molar-refractivity contribution in [3.63, 3.8) is 0 Å². The number of aliphatic hydroxyl groups is 1. The zero-order valence-corrected chi connectivity index (χ0v) is 25.7. The molecule has 0 radical (unpaired) electrons. The monoisotopic (exact) mass is 618 g/mol. The van der Waals surface area contributed by atoms with Crippen LogP contribution < -0.4 is 4.90 Å². The van der Waals surface area contributed by atoms with Gasteiger partial charge in [0.15, 0.2) is 5.11 Å². The number of aliphatic hydroxyl groups excluding tert-OH is 1. The predicted octanol–water partition coefficient (Wildman–Crippen LogP) is 8.62. The van der Waals surface area contributed by atoms with Gasteiger partial charge in [0.25, 0.3) is 0 Å². The van der Waals surface area contributed by atoms with Gasteiger partial charge in [-0.15, -0.1) is 0 Å². The number of aromatic hydroxyl groups is 2. The van der Waals surface area contributed by atoms with Gasteiger partial charge in [0.05, 0.1) is 18.2 Å². The fourth-order valence-electron chi connectivity index (χ4n) is 6.26. The Labute approximate surface area is 268 Å². The van der Waals surface area contributed by atoms with Crippen molar-refractivity contribution >= 4 is 23.0 Å². The number of hydrogen-bond donors (Lipinski definition) is 3. The second kappa shape index (κ2) is 13.1. The van der Waals surface area contributed by atoms with Crippen LogP contribution in [-0.4, -0.2) is 38.4 Å². The van der Waals surface area contributed by atoms with Crippen LogP contribution >= 0.6 is 12.2 Å². The van der Waals surface area contributed by atoms with E-state index < -0.39 is 6.10 Å². The number of nitrogens with zero attached hydrogens (tertiary/aromatic N) is 2. The van der Waals surface area contributed by atoms with Gasteiger partial charge in [0.1, 0.15) is 17.3 Å². The summed E-state index contributed by atoms with van der Waals surface area (Å²) in [6.45, 7) is 0. The van der Waals surface area contributed by atoms with Gasteiger partial charge in [-0.2, -0.15) is 0 Å². The smallest absolute Gasteiger partial charge is 0.176 e. The lowest BCUT2D eigenvalue weighted by atomic mass is 9.91. The molecule has 0 saturated carbocycles. The maximum absolute atomic E-state index is 13.4. The van der Waals surface area contributed by atoms with Crippen LogP contribution in [-0.2, 0) is 0 Å². The first-order valence-electron chi connectivity index (χ1n) is 15.1. The fourth-order valence-corrected chi connectivity index (χ4v) is 6.61. The summed E-state index contributed by atoms with van der Waals surface area (Å²) in [6, 6.07) is 36.6. The largest absolute Gasteiger partial charge is 0.508 e. The van der Waals surface area contributed by atoms with Crippen LogP contribution in [0, 0.1) is 5.82 Å². The van der Waals surface area contributed by atoms with E-state index in [4.69, 9.17) is 12.2 Å². The van der Waals surface area contributed by atoms with Crippen LogP contribution in [0.1, 0.15) is 42.5 Å². The van der Waals surface area contributed by atoms with Crippen LogP contribution in [0.5, 0.6) is 11.5 Å². The molecule has 7 heteroatoms. The summed E-state index contributed by atoms with van der Waals surface area (Å²) in [5, 5.41) is 32.9. The maximum Gasteiger partial charge on any atom is 0.176 e. The molecule has 5 nitrogen and oxygen atoms in total. The summed E-state index contributed by atoms with van der Waals surface area (Å²) < 4.78 is 13.4. The topological polar surface area (TPSA) is 67.2 Å². The first-order valence-corrected chi connectivity index (χ1v) is 15.5. The van der Waals surface area contributed by atoms with Crippen molar-refractivity contribution in [2.24, 2.45) is 0 Å². The molecular weight excluding hydrogens is 583 g/mol. The van der Waals surface area contributed by atoms with Crippen molar-refractivity contribution < 1.29 is 19.7 Å². The third kappa shape index (κ3) is 6.41. The predicted molar refractivity (Wildman–Crippen MR) is 182 cm³/mol. The second-order valence-electron chi connectivity index (χ2n) is 11.5. The second-order valence-corrected chi connectivity index (χ2v) is 11.9. The molecule has 5 aromatic carbocycles. The summed E-state index contributed by atoms with van der Waals surface area (Å²) in [5.41, 5.74) is 6.15. The van der Waals surface area contributed by atoms with Gasteiger partial charge in [-0.05, 0) is 102 Å². The summed E-state index contributed by atoms with van der Waals surface area (Å²) in [6.07, 6.45) is 1.19. The van der Waals surface area contributed by atoms with E-state index in [0.29, 0.717) is 29.9 Å². The van der Waals surface area contributed by atoms with E-state index in [2.05, 4.69) is 46.2 Å². The number of rotatable bonds is 9. The standard InChI is InChI=1S/C38H35FN2O3S/c1-40-34(11-6-12-35(43)27-13-18-30(39)19-14-27)37(33-22-17-29(24-36(33)44)28-9-5-10-32(42)23-28)41(38(40)45)31-20-15-26(16-21-31)25-7-3-2-4-8-25/h2-5,7-10,13-24,34-35,37,42-44H,6,11-12H2,1H3/t34-,35-,37-/m1/s1. The number of likely N-dealkylation sites (N-methyl/N-ethyl adjacent to an activating group) is 1. The van der Waals surface area contributed by atoms with E-state index in [1.54, 1.807) is 36.4 Å². The van der Waals surface area contributed by atoms with Crippen LogP contribution in [0.15, 0.2) is 121 Å². The van der Waals surface area contributed by atoms with Gasteiger partial charge < -0.3 is 25.1 Å². The molecule has 0 bridgehead atoms. The minimum absolute atomic E-state index is 0.0933. The molecule has 1 saturated heterocycles. The lowest BCUT2D eigenvalue weighted by molar-refractivity contribution is 0.159. The molecule has 1 aliphatic rings. The third-order valence-corrected chi connectivity index (χ3v) is 9.15. The van der Waals surface area contributed by atoms with Gasteiger partial charge in [-0.1, -0.05) is 78.9 Å². The molecule has 5 aromatic rings. The van der Waals surface area contributed by atoms with Crippen molar-refractivity contribution in [3.05, 3.63) is 138 Å². The number of hydrogen-bond acceptors (Lipinski definition) is 4. The molecule has 0 aromatic heterocycles. The Hall–Kier alpha value is -4.72. The minimum Gasteiger partial charge on any atom is -0.508 e. The van der Waals surface area contributed by atoms with E-state index in [1.807, 2.05) is 43.4 Å². The SMILES string of the molecule is CN1C(=S)N(c2ccc(-c3ccccc3)cc2)[C@H](c2ccc(-c3cccc(O)c3)cc2O)[C@H]1CCC[C@@H](O)c1ccc(F)cc1. The van der Waals surface area contributed by atoms with Gasteiger partial charge in [0.2, 0.25) is 0 Å². The van der Waals surface area contributed by atoms with Gasteiger partial charge >= 0.3 is 0 Å². The lowest BCUT2D eigenvalue weighted by Gasteiger charge is -2.29. The molecular formula is C38H35FN2O3S. The van der Waals surface area contributed by atoms with Crippen LogP contribution in [0.2, 0.25) is 0 Å². The van der Waals surface area contributed by atoms with E-state index in [0.717, 1.165) is 33.5 Å². The first-order chi connectivity index (χ1) is 21.8. The molecule has 3 atom stereocenters. The normalized spacial score (nSPS) is 17.1. The highest BCUT2D eigenvalue weighted by atomic mass is 32.1. The summed E-state index contributed by atoms with van der Waals surface area (Å²) in [4.78, 5) is 4.19. The number of benzene rings is 5. The van der Waals surface area contributed by atoms with Crippen LogP contribution in [0.3, 0.4) is 0 Å².